The van der Waals surface area contributed by atoms with Gasteiger partial charge in [0.05, 0.1) is 7.11 Å². The van der Waals surface area contributed by atoms with Gasteiger partial charge < -0.3 is 4.74 Å². The highest BCUT2D eigenvalue weighted by molar-refractivity contribution is 5.64. The molecule has 0 aliphatic heterocycles. The molecule has 2 aromatic carbocycles. The summed E-state index contributed by atoms with van der Waals surface area (Å²) in [4.78, 5) is 0. The molecule has 0 spiro atoms. The molecule has 0 heterocycles. The lowest BCUT2D eigenvalue weighted by Crippen LogP contribution is -1.84. The highest BCUT2D eigenvalue weighted by atomic mass is 19.1. The number of halogens is 1. The monoisotopic (exact) mass is 201 g/mol. The van der Waals surface area contributed by atoms with Gasteiger partial charge in [-0.25, -0.2) is 4.39 Å². The lowest BCUT2D eigenvalue weighted by Gasteiger charge is -2.04. The molecule has 0 saturated heterocycles. The highest BCUT2D eigenvalue weighted by Crippen LogP contribution is 2.23. The van der Waals surface area contributed by atoms with Gasteiger partial charge in [-0.05, 0) is 35.4 Å². The van der Waals surface area contributed by atoms with Crippen molar-refractivity contribution in [3.8, 4) is 16.9 Å². The first-order chi connectivity index (χ1) is 7.29. The Morgan fingerprint density at radius 1 is 1.13 bits per heavy atom. The van der Waals surface area contributed by atoms with Crippen LogP contribution >= 0.6 is 0 Å². The standard InChI is InChI=1S/C13H10FO/c1-15-13-4-2-3-11(9-13)10-5-7-12(14)8-6-10/h2-7,9H,1H3. The number of hydrogen-bond donors (Lipinski definition) is 0. The van der Waals surface area contributed by atoms with E-state index in [4.69, 9.17) is 4.74 Å². The minimum atomic E-state index is -0.346. The third-order valence-electron chi connectivity index (χ3n) is 2.18. The maximum absolute atomic E-state index is 12.7. The van der Waals surface area contributed by atoms with Gasteiger partial charge in [0.2, 0.25) is 0 Å². The predicted molar refractivity (Wildman–Crippen MR) is 57.2 cm³/mol. The Morgan fingerprint density at radius 3 is 2.67 bits per heavy atom. The minimum absolute atomic E-state index is 0.346. The number of hydrogen-bond acceptors (Lipinski definition) is 1. The van der Waals surface area contributed by atoms with Crippen molar-refractivity contribution in [1.29, 1.82) is 0 Å². The van der Waals surface area contributed by atoms with E-state index in [1.54, 1.807) is 19.2 Å². The van der Waals surface area contributed by atoms with Gasteiger partial charge in [0.15, 0.2) is 0 Å². The van der Waals surface area contributed by atoms with Gasteiger partial charge >= 0.3 is 0 Å². The smallest absolute Gasteiger partial charge is 0.131 e. The second-order valence-electron chi connectivity index (χ2n) is 3.16. The van der Waals surface area contributed by atoms with Crippen LogP contribution in [-0.4, -0.2) is 7.11 Å². The van der Waals surface area contributed by atoms with E-state index in [0.29, 0.717) is 0 Å². The molecule has 15 heavy (non-hydrogen) atoms. The minimum Gasteiger partial charge on any atom is -0.497 e. The van der Waals surface area contributed by atoms with Crippen LogP contribution in [0.15, 0.2) is 42.5 Å². The Hall–Kier alpha value is -1.83. The SMILES string of the molecule is COc1cccc(-c2c[c]c(F)cc2)c1. The molecule has 0 bridgehead atoms. The predicted octanol–water partition coefficient (Wildman–Crippen LogP) is 3.30. The average Bonchev–Trinajstić information content (AvgIpc) is 2.30. The molecule has 75 valence electrons. The molecular formula is C13H10FO. The lowest BCUT2D eigenvalue weighted by atomic mass is 10.1. The van der Waals surface area contributed by atoms with Crippen LogP contribution in [0.25, 0.3) is 11.1 Å². The molecule has 2 heteroatoms. The molecular weight excluding hydrogens is 191 g/mol. The fourth-order valence-corrected chi connectivity index (χ4v) is 1.39. The maximum atomic E-state index is 12.7. The molecule has 2 rings (SSSR count). The van der Waals surface area contributed by atoms with Crippen molar-refractivity contribution in [1.82, 2.24) is 0 Å². The topological polar surface area (TPSA) is 9.23 Å². The van der Waals surface area contributed by atoms with Crippen LogP contribution in [0.2, 0.25) is 0 Å². The normalized spacial score (nSPS) is 10.0. The summed E-state index contributed by atoms with van der Waals surface area (Å²) in [6, 6.07) is 14.9. The number of benzene rings is 2. The zero-order chi connectivity index (χ0) is 10.7. The first-order valence-electron chi connectivity index (χ1n) is 4.61. The largest absolute Gasteiger partial charge is 0.497 e. The van der Waals surface area contributed by atoms with E-state index in [-0.39, 0.29) is 5.82 Å². The van der Waals surface area contributed by atoms with Crippen LogP contribution in [0.3, 0.4) is 0 Å². The molecule has 0 fully saturated rings. The molecule has 0 unspecified atom stereocenters. The molecule has 0 aliphatic carbocycles. The maximum Gasteiger partial charge on any atom is 0.131 e. The first-order valence-corrected chi connectivity index (χ1v) is 4.61. The Bertz CT molecular complexity index is 448. The van der Waals surface area contributed by atoms with E-state index in [2.05, 4.69) is 6.07 Å². The summed E-state index contributed by atoms with van der Waals surface area (Å²) in [5, 5.41) is 0. The Balaban J connectivity index is 2.40. The summed E-state index contributed by atoms with van der Waals surface area (Å²) >= 11 is 0. The zero-order valence-electron chi connectivity index (χ0n) is 8.33. The third-order valence-corrected chi connectivity index (χ3v) is 2.18. The van der Waals surface area contributed by atoms with E-state index in [1.165, 1.54) is 6.07 Å². The number of methoxy groups -OCH3 is 1. The van der Waals surface area contributed by atoms with Gasteiger partial charge in [0.25, 0.3) is 0 Å². The second kappa shape index (κ2) is 4.13. The van der Waals surface area contributed by atoms with Crippen LogP contribution in [0.5, 0.6) is 5.75 Å². The molecule has 0 aromatic heterocycles. The van der Waals surface area contributed by atoms with E-state index in [1.807, 2.05) is 24.3 Å². The molecule has 0 atom stereocenters. The van der Waals surface area contributed by atoms with Crippen molar-refractivity contribution in [2.24, 2.45) is 0 Å². The van der Waals surface area contributed by atoms with Gasteiger partial charge in [-0.3, -0.25) is 0 Å². The summed E-state index contributed by atoms with van der Waals surface area (Å²) in [5.74, 6) is 0.443. The first kappa shape index (κ1) is 9.71. The summed E-state index contributed by atoms with van der Waals surface area (Å²) in [7, 11) is 1.62. The van der Waals surface area contributed by atoms with Gasteiger partial charge in [-0.15, -0.1) is 0 Å². The van der Waals surface area contributed by atoms with Crippen molar-refractivity contribution in [3.05, 3.63) is 54.3 Å². The van der Waals surface area contributed by atoms with Crippen LogP contribution in [-0.2, 0) is 0 Å². The van der Waals surface area contributed by atoms with Gasteiger partial charge in [0, 0.05) is 6.07 Å². The molecule has 0 saturated carbocycles. The van der Waals surface area contributed by atoms with Gasteiger partial charge in [-0.1, -0.05) is 18.2 Å². The van der Waals surface area contributed by atoms with E-state index in [0.717, 1.165) is 16.9 Å². The molecule has 1 radical (unpaired) electrons. The Morgan fingerprint density at radius 2 is 2.00 bits per heavy atom. The van der Waals surface area contributed by atoms with Crippen LogP contribution in [0, 0.1) is 11.9 Å². The van der Waals surface area contributed by atoms with E-state index >= 15 is 0 Å². The van der Waals surface area contributed by atoms with Crippen molar-refractivity contribution in [2.75, 3.05) is 7.11 Å². The van der Waals surface area contributed by atoms with Crippen molar-refractivity contribution in [2.45, 2.75) is 0 Å². The lowest BCUT2D eigenvalue weighted by molar-refractivity contribution is 0.415. The zero-order valence-corrected chi connectivity index (χ0v) is 8.33. The van der Waals surface area contributed by atoms with E-state index in [9.17, 15) is 4.39 Å². The Labute approximate surface area is 88.1 Å². The quantitative estimate of drug-likeness (QED) is 0.724. The summed E-state index contributed by atoms with van der Waals surface area (Å²) in [5.41, 5.74) is 1.92. The fourth-order valence-electron chi connectivity index (χ4n) is 1.39. The highest BCUT2D eigenvalue weighted by Gasteiger charge is 1.99. The van der Waals surface area contributed by atoms with Crippen LogP contribution in [0.4, 0.5) is 4.39 Å². The van der Waals surface area contributed by atoms with Gasteiger partial charge in [-0.2, -0.15) is 0 Å². The van der Waals surface area contributed by atoms with E-state index < -0.39 is 0 Å². The summed E-state index contributed by atoms with van der Waals surface area (Å²) in [6.45, 7) is 0. The van der Waals surface area contributed by atoms with Gasteiger partial charge in [0.1, 0.15) is 11.6 Å². The van der Waals surface area contributed by atoms with Crippen molar-refractivity contribution < 1.29 is 9.13 Å². The number of rotatable bonds is 2. The van der Waals surface area contributed by atoms with Crippen LogP contribution in [0.1, 0.15) is 0 Å². The summed E-state index contributed by atoms with van der Waals surface area (Å²) in [6.07, 6.45) is 0. The molecule has 0 amide bonds. The van der Waals surface area contributed by atoms with Crippen LogP contribution < -0.4 is 4.74 Å². The van der Waals surface area contributed by atoms with Crippen molar-refractivity contribution >= 4 is 0 Å². The van der Waals surface area contributed by atoms with Crippen molar-refractivity contribution in [3.63, 3.8) is 0 Å². The molecule has 0 N–H and O–H groups in total. The number of ether oxygens (including phenoxy) is 1. The third kappa shape index (κ3) is 2.15. The molecule has 0 aliphatic rings. The average molecular weight is 201 g/mol. The molecule has 1 nitrogen and oxygen atoms in total. The Kier molecular flexibility index (Phi) is 2.68. The second-order valence-corrected chi connectivity index (χ2v) is 3.16. The summed E-state index contributed by atoms with van der Waals surface area (Å²) < 4.78 is 17.8. The molecule has 2 aromatic rings. The fraction of sp³-hybridized carbons (Fsp3) is 0.0769.